The minimum absolute atomic E-state index is 0. The Labute approximate surface area is 128 Å². The fourth-order valence-electron chi connectivity index (χ4n) is 0.974. The van der Waals surface area contributed by atoms with Crippen molar-refractivity contribution >= 4 is 29.5 Å². The summed E-state index contributed by atoms with van der Waals surface area (Å²) in [5, 5.41) is 41.3. The van der Waals surface area contributed by atoms with Crippen LogP contribution in [0.3, 0.4) is 0 Å². The van der Waals surface area contributed by atoms with E-state index in [4.69, 9.17) is 25.5 Å². The second-order valence-electron chi connectivity index (χ2n) is 3.30. The molecule has 0 aliphatic carbocycles. The molecule has 0 spiro atoms. The van der Waals surface area contributed by atoms with Gasteiger partial charge in [-0.3, -0.25) is 14.5 Å². The van der Waals surface area contributed by atoms with Gasteiger partial charge in [0.15, 0.2) is 0 Å². The molecule has 0 bridgehead atoms. The van der Waals surface area contributed by atoms with Gasteiger partial charge in [0.25, 0.3) is 0 Å². The Hall–Kier alpha value is -0.717. The van der Waals surface area contributed by atoms with Crippen LogP contribution in [0.5, 0.6) is 0 Å². The van der Waals surface area contributed by atoms with Crippen molar-refractivity contribution in [3.63, 3.8) is 0 Å². The first-order valence-electron chi connectivity index (χ1n) is 5.46. The van der Waals surface area contributed by atoms with E-state index in [9.17, 15) is 9.59 Å². The average molecular weight is 357 g/mol. The second-order valence-corrected chi connectivity index (χ2v) is 3.30. The summed E-state index contributed by atoms with van der Waals surface area (Å²) in [5.74, 6) is -2.15. The van der Waals surface area contributed by atoms with E-state index in [2.05, 4.69) is 0 Å². The summed E-state index contributed by atoms with van der Waals surface area (Å²) in [7, 11) is 0. The molecule has 0 aliphatic rings. The zero-order chi connectivity index (χ0) is 14.4. The third kappa shape index (κ3) is 26.0. The van der Waals surface area contributed by atoms with E-state index in [0.29, 0.717) is 19.6 Å². The Balaban J connectivity index is -0.000000119. The van der Waals surface area contributed by atoms with E-state index in [1.54, 1.807) is 4.90 Å². The van der Waals surface area contributed by atoms with Gasteiger partial charge in [0, 0.05) is 19.6 Å². The molecular formula is C10H22GeNO8+3. The molecule has 6 N–H and O–H groups in total. The molecule has 0 aromatic carbocycles. The first-order chi connectivity index (χ1) is 8.47. The standard InChI is InChI=1S/C6H15NO3.C4H6O4.Ge.H2O/c8-4-1-7(2-5-9)3-6-10;5-3(6)1-2-4(7)8;;/h8-10H,1-6H2;1-2H2,(H,5,6)(H,7,8);;1H2/q;;+4;/p-1. The van der Waals surface area contributed by atoms with Gasteiger partial charge in [-0.05, 0) is 0 Å². The van der Waals surface area contributed by atoms with Crippen LogP contribution in [0.1, 0.15) is 12.8 Å². The summed E-state index contributed by atoms with van der Waals surface area (Å²) in [6, 6.07) is 0. The van der Waals surface area contributed by atoms with Gasteiger partial charge < -0.3 is 31.0 Å². The average Bonchev–Trinajstić information content (AvgIpc) is 2.28. The number of carbonyl (C=O) groups is 2. The van der Waals surface area contributed by atoms with Gasteiger partial charge in [-0.1, -0.05) is 0 Å². The van der Waals surface area contributed by atoms with E-state index < -0.39 is 11.9 Å². The van der Waals surface area contributed by atoms with E-state index in [-0.39, 0.29) is 55.7 Å². The summed E-state index contributed by atoms with van der Waals surface area (Å²) in [5.41, 5.74) is 0. The molecule has 0 fully saturated rings. The molecule has 0 saturated heterocycles. The van der Waals surface area contributed by atoms with Crippen molar-refractivity contribution in [2.24, 2.45) is 0 Å². The largest absolute Gasteiger partial charge is 4.00 e. The van der Waals surface area contributed by atoms with Gasteiger partial charge in [0.05, 0.1) is 32.7 Å². The molecule has 0 saturated carbocycles. The molecule has 116 valence electrons. The van der Waals surface area contributed by atoms with Gasteiger partial charge in [-0.15, -0.1) is 0 Å². The molecule has 0 radical (unpaired) electrons. The van der Waals surface area contributed by atoms with Gasteiger partial charge in [0.2, 0.25) is 0 Å². The maximum absolute atomic E-state index is 9.64. The van der Waals surface area contributed by atoms with Crippen LogP contribution in [-0.4, -0.2) is 105 Å². The molecular weight excluding hydrogens is 335 g/mol. The third-order valence-corrected chi connectivity index (χ3v) is 1.80. The first kappa shape index (κ1) is 27.6. The number of hydrogen-bond acceptors (Lipinski definition) is 7. The quantitative estimate of drug-likeness (QED) is 0.284. The minimum Gasteiger partial charge on any atom is -0.870 e. The Morgan fingerprint density at radius 3 is 1.15 bits per heavy atom. The van der Waals surface area contributed by atoms with E-state index >= 15 is 0 Å². The zero-order valence-electron chi connectivity index (χ0n) is 11.1. The molecule has 0 amide bonds. The number of aliphatic carboxylic acids is 2. The number of rotatable bonds is 9. The monoisotopic (exact) mass is 358 g/mol. The van der Waals surface area contributed by atoms with Crippen molar-refractivity contribution in [1.29, 1.82) is 0 Å². The van der Waals surface area contributed by atoms with Crippen LogP contribution in [0.2, 0.25) is 0 Å². The number of aliphatic hydroxyl groups excluding tert-OH is 3. The van der Waals surface area contributed by atoms with Crippen LogP contribution < -0.4 is 0 Å². The molecule has 9 nitrogen and oxygen atoms in total. The van der Waals surface area contributed by atoms with Gasteiger partial charge in [-0.25, -0.2) is 0 Å². The van der Waals surface area contributed by atoms with Crippen LogP contribution in [0, 0.1) is 0 Å². The Bertz CT molecular complexity index is 201. The summed E-state index contributed by atoms with van der Waals surface area (Å²) in [4.78, 5) is 21.1. The van der Waals surface area contributed by atoms with Crippen LogP contribution in [-0.2, 0) is 9.59 Å². The van der Waals surface area contributed by atoms with Crippen LogP contribution >= 0.6 is 0 Å². The van der Waals surface area contributed by atoms with Crippen molar-refractivity contribution < 1.29 is 40.6 Å². The van der Waals surface area contributed by atoms with Crippen molar-refractivity contribution in [1.82, 2.24) is 4.90 Å². The van der Waals surface area contributed by atoms with Crippen molar-refractivity contribution in [3.8, 4) is 0 Å². The molecule has 0 heterocycles. The minimum atomic E-state index is -1.08. The normalized spacial score (nSPS) is 8.80. The molecule has 0 atom stereocenters. The van der Waals surface area contributed by atoms with Gasteiger partial charge >= 0.3 is 29.5 Å². The molecule has 0 unspecified atom stereocenters. The van der Waals surface area contributed by atoms with Crippen molar-refractivity contribution in [3.05, 3.63) is 0 Å². The summed E-state index contributed by atoms with van der Waals surface area (Å²) in [6.45, 7) is 1.75. The van der Waals surface area contributed by atoms with Gasteiger partial charge in [0.1, 0.15) is 0 Å². The number of aliphatic hydroxyl groups is 3. The van der Waals surface area contributed by atoms with E-state index in [0.717, 1.165) is 0 Å². The fraction of sp³-hybridized carbons (Fsp3) is 0.800. The SMILES string of the molecule is O=C(O)CCC(=O)O.OCCN(CCO)CCO.[Ge+4].[OH-]. The second kappa shape index (κ2) is 20.6. The first-order valence-corrected chi connectivity index (χ1v) is 5.46. The summed E-state index contributed by atoms with van der Waals surface area (Å²) < 4.78 is 0. The Morgan fingerprint density at radius 2 is 1.00 bits per heavy atom. The molecule has 0 aliphatic heterocycles. The van der Waals surface area contributed by atoms with Crippen molar-refractivity contribution in [2.45, 2.75) is 12.8 Å². The molecule has 10 heteroatoms. The summed E-state index contributed by atoms with van der Waals surface area (Å²) in [6.07, 6.45) is -0.593. The Morgan fingerprint density at radius 1 is 0.750 bits per heavy atom. The fourth-order valence-corrected chi connectivity index (χ4v) is 0.974. The molecule has 20 heavy (non-hydrogen) atoms. The van der Waals surface area contributed by atoms with Crippen LogP contribution in [0.4, 0.5) is 0 Å². The predicted molar refractivity (Wildman–Crippen MR) is 69.9 cm³/mol. The number of nitrogens with zero attached hydrogens (tertiary/aromatic N) is 1. The zero-order valence-corrected chi connectivity index (χ0v) is 13.2. The smallest absolute Gasteiger partial charge is 0.870 e. The number of carboxylic acids is 2. The predicted octanol–water partition coefficient (Wildman–Crippen LogP) is -2.36. The van der Waals surface area contributed by atoms with E-state index in [1.165, 1.54) is 0 Å². The molecule has 0 aromatic heterocycles. The third-order valence-electron chi connectivity index (χ3n) is 1.80. The van der Waals surface area contributed by atoms with Crippen LogP contribution in [0.15, 0.2) is 0 Å². The maximum Gasteiger partial charge on any atom is 4.00 e. The van der Waals surface area contributed by atoms with Crippen molar-refractivity contribution in [2.75, 3.05) is 39.5 Å². The van der Waals surface area contributed by atoms with E-state index in [1.807, 2.05) is 0 Å². The number of carboxylic acid groups (broad SMARTS) is 2. The summed E-state index contributed by atoms with van der Waals surface area (Å²) >= 11 is 0. The van der Waals surface area contributed by atoms with Crippen LogP contribution in [0.25, 0.3) is 0 Å². The molecule has 0 aromatic rings. The van der Waals surface area contributed by atoms with Gasteiger partial charge in [-0.2, -0.15) is 0 Å². The number of hydrogen-bond donors (Lipinski definition) is 5. The topological polar surface area (TPSA) is 169 Å². The molecule has 0 rings (SSSR count). The maximum atomic E-state index is 9.64. The Kier molecular flexibility index (Phi) is 28.4.